The highest BCUT2D eigenvalue weighted by molar-refractivity contribution is 7.92. The highest BCUT2D eigenvalue weighted by atomic mass is 32.2. The van der Waals surface area contributed by atoms with Gasteiger partial charge in [-0.3, -0.25) is 13.9 Å². The van der Waals surface area contributed by atoms with Gasteiger partial charge in [0.05, 0.1) is 11.9 Å². The lowest BCUT2D eigenvalue weighted by Gasteiger charge is -2.57. The fourth-order valence-electron chi connectivity index (χ4n) is 8.11. The van der Waals surface area contributed by atoms with Crippen molar-refractivity contribution in [2.45, 2.75) is 96.7 Å². The normalized spacial score (nSPS) is 26.0. The Labute approximate surface area is 252 Å². The van der Waals surface area contributed by atoms with E-state index in [2.05, 4.69) is 17.4 Å². The number of hydrogen-bond donors (Lipinski definition) is 1. The molecule has 2 atom stereocenters. The van der Waals surface area contributed by atoms with Crippen molar-refractivity contribution in [1.82, 2.24) is 10.2 Å². The van der Waals surface area contributed by atoms with Gasteiger partial charge in [-0.2, -0.15) is 0 Å². The van der Waals surface area contributed by atoms with Crippen LogP contribution in [-0.2, 0) is 31.6 Å². The van der Waals surface area contributed by atoms with E-state index in [0.717, 1.165) is 41.6 Å². The highest BCUT2D eigenvalue weighted by Crippen LogP contribution is 2.60. The first-order valence-corrected chi connectivity index (χ1v) is 17.5. The van der Waals surface area contributed by atoms with E-state index in [1.54, 1.807) is 6.92 Å². The van der Waals surface area contributed by atoms with Gasteiger partial charge in [-0.05, 0) is 112 Å². The first kappa shape index (κ1) is 30.6. The minimum Gasteiger partial charge on any atom is -0.352 e. The van der Waals surface area contributed by atoms with Crippen molar-refractivity contribution in [2.24, 2.45) is 17.8 Å². The fourth-order valence-corrected chi connectivity index (χ4v) is 8.96. The first-order valence-electron chi connectivity index (χ1n) is 15.6. The molecular weight excluding hydrogens is 546 g/mol. The standard InChI is InChI=1S/C34H47N3O4S/c1-6-24(3)35-33(39)25(4)36(21-26-9-7-8-23(2)14-26)32(38)22-37(42(5,40)41)31-12-10-30(11-13-31)34-18-27-15-28(19-34)17-29(16-27)20-34/h7-14,24-25,27-29H,6,15-22H2,1-5H3,(H,35,39)/t24-,25+,27?,28?,29?,34?/m0/s1. The van der Waals surface area contributed by atoms with E-state index in [1.807, 2.05) is 57.2 Å². The molecule has 6 rings (SSSR count). The minimum atomic E-state index is -3.77. The van der Waals surface area contributed by atoms with Crippen LogP contribution in [0.4, 0.5) is 5.69 Å². The molecule has 0 radical (unpaired) electrons. The van der Waals surface area contributed by atoms with Crippen LogP contribution in [-0.4, -0.2) is 50.0 Å². The van der Waals surface area contributed by atoms with Gasteiger partial charge in [0.25, 0.3) is 0 Å². The first-order chi connectivity index (χ1) is 19.9. The number of amides is 2. The van der Waals surface area contributed by atoms with Gasteiger partial charge < -0.3 is 10.2 Å². The van der Waals surface area contributed by atoms with Gasteiger partial charge in [-0.15, -0.1) is 0 Å². The fraction of sp³-hybridized carbons (Fsp3) is 0.588. The number of aryl methyl sites for hydroxylation is 1. The summed E-state index contributed by atoms with van der Waals surface area (Å²) in [6, 6.07) is 14.9. The van der Waals surface area contributed by atoms with Crippen LogP contribution in [0.1, 0.15) is 82.4 Å². The monoisotopic (exact) mass is 593 g/mol. The third kappa shape index (κ3) is 6.53. The summed E-state index contributed by atoms with van der Waals surface area (Å²) >= 11 is 0. The summed E-state index contributed by atoms with van der Waals surface area (Å²) in [6.45, 7) is 7.43. The van der Waals surface area contributed by atoms with Crippen molar-refractivity contribution in [3.05, 3.63) is 65.2 Å². The summed E-state index contributed by atoms with van der Waals surface area (Å²) < 4.78 is 27.3. The van der Waals surface area contributed by atoms with Gasteiger partial charge in [0.2, 0.25) is 21.8 Å². The van der Waals surface area contributed by atoms with E-state index in [-0.39, 0.29) is 30.5 Å². The van der Waals surface area contributed by atoms with E-state index in [9.17, 15) is 18.0 Å². The molecule has 1 N–H and O–H groups in total. The third-order valence-electron chi connectivity index (χ3n) is 10.1. The Morgan fingerprint density at radius 1 is 0.976 bits per heavy atom. The summed E-state index contributed by atoms with van der Waals surface area (Å²) in [7, 11) is -3.77. The molecule has 8 heteroatoms. The van der Waals surface area contributed by atoms with Crippen LogP contribution in [0.2, 0.25) is 0 Å². The summed E-state index contributed by atoms with van der Waals surface area (Å²) in [6.07, 6.45) is 9.71. The second-order valence-corrected chi connectivity index (χ2v) is 15.4. The Morgan fingerprint density at radius 3 is 2.10 bits per heavy atom. The zero-order valence-corrected chi connectivity index (χ0v) is 26.6. The van der Waals surface area contributed by atoms with E-state index < -0.39 is 22.0 Å². The smallest absolute Gasteiger partial charge is 0.244 e. The Balaban J connectivity index is 1.38. The second kappa shape index (κ2) is 12.0. The maximum absolute atomic E-state index is 13.9. The lowest BCUT2D eigenvalue weighted by molar-refractivity contribution is -0.139. The summed E-state index contributed by atoms with van der Waals surface area (Å²) in [5.74, 6) is 1.79. The minimum absolute atomic E-state index is 0.0316. The van der Waals surface area contributed by atoms with E-state index in [0.29, 0.717) is 5.69 Å². The predicted octanol–water partition coefficient (Wildman–Crippen LogP) is 5.56. The van der Waals surface area contributed by atoms with Crippen molar-refractivity contribution in [2.75, 3.05) is 17.1 Å². The van der Waals surface area contributed by atoms with E-state index >= 15 is 0 Å². The van der Waals surface area contributed by atoms with Gasteiger partial charge in [0.15, 0.2) is 0 Å². The number of sulfonamides is 1. The van der Waals surface area contributed by atoms with Gasteiger partial charge >= 0.3 is 0 Å². The number of benzene rings is 2. The average molecular weight is 594 g/mol. The van der Waals surface area contributed by atoms with E-state index in [1.165, 1.54) is 53.3 Å². The Bertz CT molecular complexity index is 1370. The van der Waals surface area contributed by atoms with Crippen LogP contribution < -0.4 is 9.62 Å². The highest BCUT2D eigenvalue weighted by Gasteiger charge is 2.51. The predicted molar refractivity (Wildman–Crippen MR) is 168 cm³/mol. The van der Waals surface area contributed by atoms with Crippen LogP contribution in [0.25, 0.3) is 0 Å². The number of carbonyl (C=O) groups is 2. The van der Waals surface area contributed by atoms with Crippen molar-refractivity contribution < 1.29 is 18.0 Å². The van der Waals surface area contributed by atoms with Crippen LogP contribution in [0, 0.1) is 24.7 Å². The number of carbonyl (C=O) groups excluding carboxylic acids is 2. The zero-order valence-electron chi connectivity index (χ0n) is 25.8. The number of rotatable bonds is 11. The number of nitrogens with one attached hydrogen (secondary N) is 1. The molecule has 2 aromatic carbocycles. The van der Waals surface area contributed by atoms with Crippen molar-refractivity contribution in [3.63, 3.8) is 0 Å². The van der Waals surface area contributed by atoms with Crippen molar-refractivity contribution in [3.8, 4) is 0 Å². The van der Waals surface area contributed by atoms with Gasteiger partial charge in [0.1, 0.15) is 12.6 Å². The SMILES string of the molecule is CC[C@H](C)NC(=O)[C@@H](C)N(Cc1cccc(C)c1)C(=O)CN(c1ccc(C23CC4CC(CC(C4)C2)C3)cc1)S(C)(=O)=O. The molecule has 4 bridgehead atoms. The molecule has 228 valence electrons. The molecule has 0 spiro atoms. The molecule has 4 aliphatic rings. The maximum Gasteiger partial charge on any atom is 0.244 e. The zero-order chi connectivity index (χ0) is 30.2. The van der Waals surface area contributed by atoms with Crippen LogP contribution in [0.15, 0.2) is 48.5 Å². The molecule has 0 saturated heterocycles. The van der Waals surface area contributed by atoms with Crippen LogP contribution >= 0.6 is 0 Å². The lowest BCUT2D eigenvalue weighted by atomic mass is 9.48. The molecule has 4 saturated carbocycles. The molecule has 7 nitrogen and oxygen atoms in total. The molecule has 4 fully saturated rings. The summed E-state index contributed by atoms with van der Waals surface area (Å²) in [5, 5.41) is 2.97. The Kier molecular flexibility index (Phi) is 8.75. The summed E-state index contributed by atoms with van der Waals surface area (Å²) in [5.41, 5.74) is 3.93. The molecule has 0 heterocycles. The van der Waals surface area contributed by atoms with Gasteiger partial charge in [0, 0.05) is 12.6 Å². The summed E-state index contributed by atoms with van der Waals surface area (Å²) in [4.78, 5) is 28.5. The molecule has 2 aromatic rings. The largest absolute Gasteiger partial charge is 0.352 e. The number of anilines is 1. The van der Waals surface area contributed by atoms with Crippen molar-refractivity contribution in [1.29, 1.82) is 0 Å². The number of nitrogens with zero attached hydrogens (tertiary/aromatic N) is 2. The van der Waals surface area contributed by atoms with Gasteiger partial charge in [-0.1, -0.05) is 48.9 Å². The Morgan fingerprint density at radius 2 is 1.57 bits per heavy atom. The lowest BCUT2D eigenvalue weighted by Crippen LogP contribution is -2.52. The quantitative estimate of drug-likeness (QED) is 0.370. The Hall–Kier alpha value is -2.87. The maximum atomic E-state index is 13.9. The second-order valence-electron chi connectivity index (χ2n) is 13.5. The van der Waals surface area contributed by atoms with Crippen molar-refractivity contribution >= 4 is 27.5 Å². The molecule has 0 aliphatic heterocycles. The third-order valence-corrected chi connectivity index (χ3v) is 11.2. The van der Waals surface area contributed by atoms with E-state index in [4.69, 9.17) is 0 Å². The molecule has 2 amide bonds. The number of hydrogen-bond acceptors (Lipinski definition) is 4. The molecule has 4 aliphatic carbocycles. The molecule has 42 heavy (non-hydrogen) atoms. The van der Waals surface area contributed by atoms with Crippen LogP contribution in [0.3, 0.4) is 0 Å². The molecular formula is C34H47N3O4S. The van der Waals surface area contributed by atoms with Crippen LogP contribution in [0.5, 0.6) is 0 Å². The topological polar surface area (TPSA) is 86.8 Å². The average Bonchev–Trinajstić information content (AvgIpc) is 2.93. The van der Waals surface area contributed by atoms with Gasteiger partial charge in [-0.25, -0.2) is 8.42 Å². The molecule has 0 aromatic heterocycles. The molecule has 0 unspecified atom stereocenters.